The Kier molecular flexibility index (Phi) is 10.7. The van der Waals surface area contributed by atoms with Crippen LogP contribution < -0.4 is 14.5 Å². The number of benzene rings is 3. The van der Waals surface area contributed by atoms with Gasteiger partial charge in [0.2, 0.25) is 14.3 Å². The van der Waals surface area contributed by atoms with Crippen molar-refractivity contribution in [2.24, 2.45) is 5.92 Å². The van der Waals surface area contributed by atoms with Crippen molar-refractivity contribution in [1.82, 2.24) is 4.90 Å². The number of aliphatic hydroxyl groups excluding tert-OH is 1. The number of amides is 3. The van der Waals surface area contributed by atoms with E-state index in [2.05, 4.69) is 32.9 Å². The SMILES string of the molecule is CC(C)=CCC/C(C)=C/CN1C(=O)[C@]2(O[C@H](CC(=O)N3Cc4ccccc4C[C@H]3CO)[C@@H]([Si](C)(C)F)[C@@H]2C)c2cc(N3C(=O)COc4ccccc43)ccc21. The number of carbonyl (C=O) groups is 3. The molecule has 1 saturated heterocycles. The number of hydrogen-bond donors (Lipinski definition) is 1. The van der Waals surface area contributed by atoms with Gasteiger partial charge >= 0.3 is 0 Å². The van der Waals surface area contributed by atoms with Crippen molar-refractivity contribution in [1.29, 1.82) is 0 Å². The van der Waals surface area contributed by atoms with Gasteiger partial charge in [-0.05, 0) is 94.6 Å². The van der Waals surface area contributed by atoms with Crippen LogP contribution in [0.2, 0.25) is 18.6 Å². The van der Waals surface area contributed by atoms with Crippen molar-refractivity contribution in [2.75, 3.05) is 29.6 Å². The molecule has 0 aromatic heterocycles. The van der Waals surface area contributed by atoms with Crippen LogP contribution in [0.15, 0.2) is 90.0 Å². The van der Waals surface area contributed by atoms with E-state index in [1.165, 1.54) is 5.57 Å². The molecule has 0 saturated carbocycles. The third-order valence-corrected chi connectivity index (χ3v) is 14.3. The van der Waals surface area contributed by atoms with Crippen LogP contribution >= 0.6 is 0 Å². The smallest absolute Gasteiger partial charge is 0.269 e. The molecule has 3 aromatic rings. The number of fused-ring (bicyclic) bond motifs is 4. The summed E-state index contributed by atoms with van der Waals surface area (Å²) in [6, 6.07) is 20.3. The van der Waals surface area contributed by atoms with Crippen molar-refractivity contribution in [3.8, 4) is 5.75 Å². The highest BCUT2D eigenvalue weighted by atomic mass is 28.4. The number of aliphatic hydroxyl groups is 1. The number of para-hydroxylation sites is 2. The van der Waals surface area contributed by atoms with Crippen LogP contribution in [0.4, 0.5) is 21.2 Å². The average molecular weight is 766 g/mol. The van der Waals surface area contributed by atoms with Gasteiger partial charge in [-0.3, -0.25) is 19.3 Å². The first-order valence-electron chi connectivity index (χ1n) is 19.4. The maximum absolute atomic E-state index is 16.8. The largest absolute Gasteiger partial charge is 0.482 e. The number of nitrogens with zero attached hydrogens (tertiary/aromatic N) is 3. The molecule has 1 spiro atoms. The highest BCUT2D eigenvalue weighted by Gasteiger charge is 2.67. The van der Waals surface area contributed by atoms with Crippen LogP contribution in [-0.2, 0) is 37.7 Å². The summed E-state index contributed by atoms with van der Waals surface area (Å²) in [6.07, 6.45) is 5.49. The first kappa shape index (κ1) is 38.7. The highest BCUT2D eigenvalue weighted by Crippen LogP contribution is 2.61. The summed E-state index contributed by atoms with van der Waals surface area (Å²) in [5.41, 5.74) is 4.54. The summed E-state index contributed by atoms with van der Waals surface area (Å²) in [4.78, 5) is 47.9. The van der Waals surface area contributed by atoms with Crippen molar-refractivity contribution in [3.05, 3.63) is 107 Å². The molecule has 0 bridgehead atoms. The van der Waals surface area contributed by atoms with Gasteiger partial charge in [0, 0.05) is 35.8 Å². The summed E-state index contributed by atoms with van der Waals surface area (Å²) in [6.45, 7) is 11.6. The van der Waals surface area contributed by atoms with E-state index in [4.69, 9.17) is 9.47 Å². The number of hydrogen-bond acceptors (Lipinski definition) is 6. The van der Waals surface area contributed by atoms with Crippen LogP contribution in [0, 0.1) is 5.92 Å². The Morgan fingerprint density at radius 3 is 2.45 bits per heavy atom. The minimum atomic E-state index is -3.60. The fourth-order valence-electron chi connectivity index (χ4n) is 9.21. The van der Waals surface area contributed by atoms with Gasteiger partial charge in [-0.25, -0.2) is 0 Å². The predicted molar refractivity (Wildman–Crippen MR) is 215 cm³/mol. The second-order valence-electron chi connectivity index (χ2n) is 16.3. The van der Waals surface area contributed by atoms with E-state index in [1.807, 2.05) is 73.7 Å². The Morgan fingerprint density at radius 2 is 1.73 bits per heavy atom. The maximum Gasteiger partial charge on any atom is 0.269 e. The zero-order valence-electron chi connectivity index (χ0n) is 32.7. The van der Waals surface area contributed by atoms with Crippen molar-refractivity contribution < 1.29 is 33.1 Å². The van der Waals surface area contributed by atoms with Gasteiger partial charge < -0.3 is 28.5 Å². The van der Waals surface area contributed by atoms with Crippen LogP contribution in [0.1, 0.15) is 63.6 Å². The molecule has 4 heterocycles. The summed E-state index contributed by atoms with van der Waals surface area (Å²) in [7, 11) is -3.60. The molecule has 5 atom stereocenters. The van der Waals surface area contributed by atoms with Gasteiger partial charge in [0.15, 0.2) is 12.2 Å². The van der Waals surface area contributed by atoms with E-state index in [-0.39, 0.29) is 37.4 Å². The lowest BCUT2D eigenvalue weighted by Gasteiger charge is -2.37. The summed E-state index contributed by atoms with van der Waals surface area (Å²) in [5.74, 6) is -0.862. The van der Waals surface area contributed by atoms with E-state index >= 15 is 8.90 Å². The standard InChI is InChI=1S/C44H52FN3O6Si/c1-28(2)12-11-13-29(3)20-21-46-36-19-18-33(48-37-16-9-10-17-38(37)53-27-41(48)51)23-35(36)44(43(46)52)30(4)42(55(5,6)45)39(54-44)24-40(50)47-25-32-15-8-7-14-31(32)22-34(47)26-49/h7-10,12,14-20,23,30,34,39,42,49H,11,13,21-22,24-27H2,1-6H3/b29-20+/t30-,34-,39+,42-,44+/m0/s1. The van der Waals surface area contributed by atoms with E-state index in [9.17, 15) is 14.7 Å². The number of rotatable bonds is 10. The second-order valence-corrected chi connectivity index (χ2v) is 20.1. The van der Waals surface area contributed by atoms with Crippen LogP contribution in [-0.4, -0.2) is 68.0 Å². The monoisotopic (exact) mass is 765 g/mol. The van der Waals surface area contributed by atoms with E-state index in [0.717, 1.165) is 29.5 Å². The molecule has 0 radical (unpaired) electrons. The predicted octanol–water partition coefficient (Wildman–Crippen LogP) is 7.89. The van der Waals surface area contributed by atoms with E-state index < -0.39 is 37.6 Å². The number of carbonyl (C=O) groups excluding carboxylic acids is 3. The van der Waals surface area contributed by atoms with Gasteiger partial charge in [-0.2, -0.15) is 0 Å². The molecule has 9 nitrogen and oxygen atoms in total. The molecule has 1 fully saturated rings. The number of halogens is 1. The molecule has 1 N–H and O–H groups in total. The molecular formula is C44H52FN3O6Si. The zero-order valence-corrected chi connectivity index (χ0v) is 33.7. The molecule has 3 aromatic carbocycles. The van der Waals surface area contributed by atoms with E-state index in [0.29, 0.717) is 47.9 Å². The molecule has 0 unspecified atom stereocenters. The summed E-state index contributed by atoms with van der Waals surface area (Å²) >= 11 is 0. The highest BCUT2D eigenvalue weighted by molar-refractivity contribution is 6.72. The van der Waals surface area contributed by atoms with Crippen molar-refractivity contribution in [2.45, 2.75) is 96.3 Å². The lowest BCUT2D eigenvalue weighted by molar-refractivity contribution is -0.150. The quantitative estimate of drug-likeness (QED) is 0.128. The van der Waals surface area contributed by atoms with Gasteiger partial charge in [-0.1, -0.05) is 66.6 Å². The molecule has 0 aliphatic carbocycles. The Hall–Kier alpha value is -4.58. The fourth-order valence-corrected chi connectivity index (χ4v) is 11.7. The lowest BCUT2D eigenvalue weighted by Crippen LogP contribution is -2.48. The minimum absolute atomic E-state index is 0.128. The number of allylic oxidation sites excluding steroid dienone is 3. The first-order valence-corrected chi connectivity index (χ1v) is 22.3. The Bertz CT molecular complexity index is 2060. The molecule has 11 heteroatoms. The third-order valence-electron chi connectivity index (χ3n) is 11.9. The van der Waals surface area contributed by atoms with Crippen molar-refractivity contribution >= 4 is 43.2 Å². The molecule has 7 rings (SSSR count). The number of anilines is 3. The Balaban J connectivity index is 1.29. The summed E-state index contributed by atoms with van der Waals surface area (Å²) < 4.78 is 29.5. The van der Waals surface area contributed by atoms with Crippen LogP contribution in [0.3, 0.4) is 0 Å². The normalized spacial score (nSPS) is 24.8. The Labute approximate surface area is 324 Å². The molecule has 4 aliphatic heterocycles. The molecule has 3 amide bonds. The van der Waals surface area contributed by atoms with E-state index in [1.54, 1.807) is 27.8 Å². The Morgan fingerprint density at radius 1 is 1.00 bits per heavy atom. The lowest BCUT2D eigenvalue weighted by atomic mass is 9.82. The molecule has 4 aliphatic rings. The average Bonchev–Trinajstić information content (AvgIpc) is 3.58. The van der Waals surface area contributed by atoms with Gasteiger partial charge in [-0.15, -0.1) is 0 Å². The third kappa shape index (κ3) is 7.06. The fraction of sp³-hybridized carbons (Fsp3) is 0.432. The number of ether oxygens (including phenoxy) is 2. The minimum Gasteiger partial charge on any atom is -0.482 e. The van der Waals surface area contributed by atoms with Crippen molar-refractivity contribution in [3.63, 3.8) is 0 Å². The first-order chi connectivity index (χ1) is 26.2. The topological polar surface area (TPSA) is 99.6 Å². The van der Waals surface area contributed by atoms with Gasteiger partial charge in [0.25, 0.3) is 11.8 Å². The second kappa shape index (κ2) is 15.2. The molecular weight excluding hydrogens is 714 g/mol. The maximum atomic E-state index is 16.8. The zero-order chi connectivity index (χ0) is 39.2. The molecule has 55 heavy (non-hydrogen) atoms. The molecule has 290 valence electrons. The van der Waals surface area contributed by atoms with Gasteiger partial charge in [0.05, 0.1) is 36.5 Å². The summed E-state index contributed by atoms with van der Waals surface area (Å²) in [5, 5.41) is 10.4. The van der Waals surface area contributed by atoms with Gasteiger partial charge in [0.1, 0.15) is 5.75 Å². The van der Waals surface area contributed by atoms with Crippen LogP contribution in [0.25, 0.3) is 0 Å². The van der Waals surface area contributed by atoms with Crippen LogP contribution in [0.5, 0.6) is 5.75 Å².